The third kappa shape index (κ3) is 2.14. The molecule has 0 bridgehead atoms. The first-order chi connectivity index (χ1) is 5.79. The summed E-state index contributed by atoms with van der Waals surface area (Å²) in [6.07, 6.45) is 8.86. The quantitative estimate of drug-likeness (QED) is 0.494. The van der Waals surface area contributed by atoms with E-state index >= 15 is 0 Å². The molecule has 0 fully saturated rings. The maximum Gasteiger partial charge on any atom is 0.0433 e. The van der Waals surface area contributed by atoms with Gasteiger partial charge < -0.3 is 5.32 Å². The van der Waals surface area contributed by atoms with Gasteiger partial charge in [0.1, 0.15) is 0 Å². The molecule has 2 atom stereocenters. The maximum atomic E-state index is 4.50. The Morgan fingerprint density at radius 2 is 2.50 bits per heavy atom. The van der Waals surface area contributed by atoms with E-state index in [0.29, 0.717) is 11.3 Å². The zero-order chi connectivity index (χ0) is 8.97. The van der Waals surface area contributed by atoms with Crippen LogP contribution in [0.2, 0.25) is 0 Å². The Balaban J connectivity index is 2.74. The molecule has 0 heterocycles. The second-order valence-corrected chi connectivity index (χ2v) is 3.67. The van der Waals surface area contributed by atoms with E-state index in [9.17, 15) is 0 Å². The van der Waals surface area contributed by atoms with Gasteiger partial charge in [0.15, 0.2) is 0 Å². The molecule has 1 aliphatic rings. The number of rotatable bonds is 2. The topological polar surface area (TPSA) is 12.0 Å². The van der Waals surface area contributed by atoms with Crippen LogP contribution in [0.15, 0.2) is 23.8 Å². The molecule has 2 unspecified atom stereocenters. The van der Waals surface area contributed by atoms with E-state index in [1.165, 1.54) is 5.57 Å². The number of allylic oxidation sites excluding steroid dienone is 2. The molecule has 12 heavy (non-hydrogen) atoms. The lowest BCUT2D eigenvalue weighted by Crippen LogP contribution is -2.36. The number of likely N-dealkylation sites (N-methyl/N-ethyl adjacent to an activating group) is 1. The molecule has 0 aromatic heterocycles. The minimum Gasteiger partial charge on any atom is -0.312 e. The Morgan fingerprint density at radius 1 is 1.75 bits per heavy atom. The number of nitrogens with one attached hydrogen (secondary N) is 1. The Bertz CT molecular complexity index is 196. The molecule has 1 aliphatic carbocycles. The van der Waals surface area contributed by atoms with Crippen LogP contribution in [0, 0.1) is 0 Å². The van der Waals surface area contributed by atoms with E-state index in [1.54, 1.807) is 0 Å². The number of hydrogen-bond acceptors (Lipinski definition) is 2. The second kappa shape index (κ2) is 4.73. The summed E-state index contributed by atoms with van der Waals surface area (Å²) in [5.41, 5.74) is 1.47. The fraction of sp³-hybridized carbons (Fsp3) is 0.600. The summed E-state index contributed by atoms with van der Waals surface area (Å²) in [4.78, 5) is 0. The predicted molar refractivity (Wildman–Crippen MR) is 57.8 cm³/mol. The fourth-order valence-corrected chi connectivity index (χ4v) is 2.09. The molecule has 0 spiro atoms. The van der Waals surface area contributed by atoms with Crippen LogP contribution in [0.1, 0.15) is 19.8 Å². The van der Waals surface area contributed by atoms with E-state index in [2.05, 4.69) is 43.1 Å². The van der Waals surface area contributed by atoms with Crippen LogP contribution >= 0.6 is 12.6 Å². The van der Waals surface area contributed by atoms with Crippen molar-refractivity contribution in [3.63, 3.8) is 0 Å². The van der Waals surface area contributed by atoms with Crippen molar-refractivity contribution in [2.24, 2.45) is 0 Å². The lowest BCUT2D eigenvalue weighted by Gasteiger charge is -2.26. The van der Waals surface area contributed by atoms with Crippen molar-refractivity contribution < 1.29 is 0 Å². The normalized spacial score (nSPS) is 32.8. The first-order valence-corrected chi connectivity index (χ1v) is 5.02. The Hall–Kier alpha value is -0.210. The van der Waals surface area contributed by atoms with E-state index < -0.39 is 0 Å². The average Bonchev–Trinajstić information content (AvgIpc) is 2.05. The molecule has 1 rings (SSSR count). The van der Waals surface area contributed by atoms with Crippen molar-refractivity contribution in [3.8, 4) is 0 Å². The van der Waals surface area contributed by atoms with Gasteiger partial charge in [-0.15, -0.1) is 0 Å². The van der Waals surface area contributed by atoms with Gasteiger partial charge in [-0.05, 0) is 19.9 Å². The molecule has 0 saturated carbocycles. The van der Waals surface area contributed by atoms with Gasteiger partial charge in [-0.3, -0.25) is 0 Å². The molecule has 1 N–H and O–H groups in total. The molecule has 0 aromatic rings. The highest BCUT2D eigenvalue weighted by Gasteiger charge is 2.20. The SMILES string of the molecule is CC/C=C1/CC=CC(S)C1NC. The van der Waals surface area contributed by atoms with Gasteiger partial charge in [-0.2, -0.15) is 12.6 Å². The predicted octanol–water partition coefficient (Wildman–Crippen LogP) is 2.17. The summed E-state index contributed by atoms with van der Waals surface area (Å²) in [6, 6.07) is 0.429. The van der Waals surface area contributed by atoms with Crippen LogP contribution in [0.3, 0.4) is 0 Å². The maximum absolute atomic E-state index is 4.50. The molecular formula is C10H17NS. The largest absolute Gasteiger partial charge is 0.312 e. The number of thiol groups is 1. The third-order valence-electron chi connectivity index (χ3n) is 2.21. The summed E-state index contributed by atoms with van der Waals surface area (Å²) in [6.45, 7) is 2.17. The van der Waals surface area contributed by atoms with E-state index in [1.807, 2.05) is 7.05 Å². The highest BCUT2D eigenvalue weighted by Crippen LogP contribution is 2.22. The van der Waals surface area contributed by atoms with Gasteiger partial charge in [0.05, 0.1) is 0 Å². The monoisotopic (exact) mass is 183 g/mol. The van der Waals surface area contributed by atoms with Crippen LogP contribution < -0.4 is 5.32 Å². The van der Waals surface area contributed by atoms with Gasteiger partial charge in [0.2, 0.25) is 0 Å². The summed E-state index contributed by atoms with van der Waals surface area (Å²) in [5, 5.41) is 3.63. The Labute approximate surface area is 80.3 Å². The lowest BCUT2D eigenvalue weighted by molar-refractivity contribution is 0.629. The highest BCUT2D eigenvalue weighted by molar-refractivity contribution is 7.81. The smallest absolute Gasteiger partial charge is 0.0433 e. The third-order valence-corrected chi connectivity index (χ3v) is 2.68. The van der Waals surface area contributed by atoms with Crippen molar-refractivity contribution in [3.05, 3.63) is 23.8 Å². The van der Waals surface area contributed by atoms with Crippen LogP contribution in [-0.2, 0) is 0 Å². The second-order valence-electron chi connectivity index (χ2n) is 3.08. The summed E-state index contributed by atoms with van der Waals surface area (Å²) < 4.78 is 0. The van der Waals surface area contributed by atoms with Gasteiger partial charge >= 0.3 is 0 Å². The van der Waals surface area contributed by atoms with Crippen LogP contribution in [0.5, 0.6) is 0 Å². The van der Waals surface area contributed by atoms with E-state index in [4.69, 9.17) is 0 Å². The van der Waals surface area contributed by atoms with Crippen LogP contribution in [-0.4, -0.2) is 18.3 Å². The minimum absolute atomic E-state index is 0.335. The molecule has 0 saturated heterocycles. The molecule has 0 amide bonds. The molecule has 2 heteroatoms. The molecule has 0 radical (unpaired) electrons. The van der Waals surface area contributed by atoms with Crippen molar-refractivity contribution in [1.82, 2.24) is 5.32 Å². The molecule has 0 aromatic carbocycles. The Kier molecular flexibility index (Phi) is 3.89. The molecule has 1 nitrogen and oxygen atoms in total. The van der Waals surface area contributed by atoms with Gasteiger partial charge in [-0.1, -0.05) is 30.7 Å². The summed E-state index contributed by atoms with van der Waals surface area (Å²) >= 11 is 4.50. The Morgan fingerprint density at radius 3 is 3.08 bits per heavy atom. The average molecular weight is 183 g/mol. The van der Waals surface area contributed by atoms with Crippen molar-refractivity contribution in [1.29, 1.82) is 0 Å². The molecule has 68 valence electrons. The van der Waals surface area contributed by atoms with Crippen molar-refractivity contribution >= 4 is 12.6 Å². The lowest BCUT2D eigenvalue weighted by atomic mass is 9.94. The van der Waals surface area contributed by atoms with E-state index in [-0.39, 0.29) is 0 Å². The van der Waals surface area contributed by atoms with Gasteiger partial charge in [0.25, 0.3) is 0 Å². The van der Waals surface area contributed by atoms with Crippen molar-refractivity contribution in [2.45, 2.75) is 31.1 Å². The van der Waals surface area contributed by atoms with Crippen molar-refractivity contribution in [2.75, 3.05) is 7.05 Å². The van der Waals surface area contributed by atoms with Gasteiger partial charge in [0, 0.05) is 11.3 Å². The molecular weight excluding hydrogens is 166 g/mol. The summed E-state index contributed by atoms with van der Waals surface area (Å²) in [7, 11) is 2.00. The van der Waals surface area contributed by atoms with Gasteiger partial charge in [-0.25, -0.2) is 0 Å². The minimum atomic E-state index is 0.335. The van der Waals surface area contributed by atoms with Crippen LogP contribution in [0.4, 0.5) is 0 Å². The van der Waals surface area contributed by atoms with Crippen LogP contribution in [0.25, 0.3) is 0 Å². The molecule has 0 aliphatic heterocycles. The highest BCUT2D eigenvalue weighted by atomic mass is 32.1. The fourth-order valence-electron chi connectivity index (χ4n) is 1.63. The zero-order valence-electron chi connectivity index (χ0n) is 7.75. The first kappa shape index (κ1) is 9.87. The summed E-state index contributed by atoms with van der Waals surface area (Å²) in [5.74, 6) is 0. The number of hydrogen-bond donors (Lipinski definition) is 2. The first-order valence-electron chi connectivity index (χ1n) is 4.50. The standard InChI is InChI=1S/C10H17NS/c1-3-5-8-6-4-7-9(12)10(8)11-2/h4-5,7,9-12H,3,6H2,1-2H3/b8-5-. The van der Waals surface area contributed by atoms with E-state index in [0.717, 1.165) is 12.8 Å². The zero-order valence-corrected chi connectivity index (χ0v) is 8.64.